The van der Waals surface area contributed by atoms with Gasteiger partial charge in [0, 0.05) is 11.4 Å². The van der Waals surface area contributed by atoms with Crippen molar-refractivity contribution in [2.24, 2.45) is 5.92 Å². The van der Waals surface area contributed by atoms with Crippen molar-refractivity contribution in [3.8, 4) is 0 Å². The number of benzene rings is 1. The molecule has 17 heavy (non-hydrogen) atoms. The number of hydrogen-bond acceptors (Lipinski definition) is 1. The molecule has 0 fully saturated rings. The Hall–Kier alpha value is -1.83. The fraction of sp³-hybridized carbons (Fsp3) is 0.200. The second kappa shape index (κ2) is 5.48. The summed E-state index contributed by atoms with van der Waals surface area (Å²) in [6.45, 7) is 15.6. The van der Waals surface area contributed by atoms with Crippen LogP contribution in [0.3, 0.4) is 0 Å². The average molecular weight is 231 g/mol. The summed E-state index contributed by atoms with van der Waals surface area (Å²) in [5.74, 6) is -0.0939. The first-order valence-electron chi connectivity index (χ1n) is 5.53. The van der Waals surface area contributed by atoms with Gasteiger partial charge in [0.05, 0.1) is 5.69 Å². The molecular formula is C15H18FN. The van der Waals surface area contributed by atoms with E-state index >= 15 is 0 Å². The Bertz CT molecular complexity index is 446. The first-order chi connectivity index (χ1) is 7.99. The average Bonchev–Trinajstić information content (AvgIpc) is 2.31. The number of para-hydroxylation sites is 1. The fourth-order valence-corrected chi connectivity index (χ4v) is 1.48. The maximum Gasteiger partial charge on any atom is 0.147 e. The Morgan fingerprint density at radius 2 is 1.88 bits per heavy atom. The fourth-order valence-electron chi connectivity index (χ4n) is 1.48. The molecule has 0 unspecified atom stereocenters. The van der Waals surface area contributed by atoms with Gasteiger partial charge in [0.1, 0.15) is 5.82 Å². The minimum Gasteiger partial charge on any atom is -0.312 e. The highest BCUT2D eigenvalue weighted by atomic mass is 19.1. The zero-order valence-corrected chi connectivity index (χ0v) is 10.4. The molecule has 0 spiro atoms. The molecule has 0 aliphatic heterocycles. The summed E-state index contributed by atoms with van der Waals surface area (Å²) in [5, 5.41) is 0. The molecule has 0 heterocycles. The van der Waals surface area contributed by atoms with E-state index in [4.69, 9.17) is 0 Å². The van der Waals surface area contributed by atoms with Crippen LogP contribution in [0.4, 0.5) is 10.1 Å². The van der Waals surface area contributed by atoms with Gasteiger partial charge in [0.25, 0.3) is 0 Å². The molecule has 0 amide bonds. The first kappa shape index (κ1) is 13.2. The Kier molecular flexibility index (Phi) is 4.27. The van der Waals surface area contributed by atoms with Crippen LogP contribution in [0.15, 0.2) is 61.5 Å². The molecule has 1 aromatic carbocycles. The lowest BCUT2D eigenvalue weighted by atomic mass is 10.1. The summed E-state index contributed by atoms with van der Waals surface area (Å²) >= 11 is 0. The Labute approximate surface area is 103 Å². The summed E-state index contributed by atoms with van der Waals surface area (Å²) in [6, 6.07) is 6.57. The summed E-state index contributed by atoms with van der Waals surface area (Å²) in [5.41, 5.74) is 1.87. The molecule has 0 saturated carbocycles. The zero-order valence-electron chi connectivity index (χ0n) is 10.4. The predicted molar refractivity (Wildman–Crippen MR) is 72.2 cm³/mol. The van der Waals surface area contributed by atoms with Crippen LogP contribution in [-0.2, 0) is 0 Å². The van der Waals surface area contributed by atoms with Gasteiger partial charge in [0.15, 0.2) is 0 Å². The van der Waals surface area contributed by atoms with Crippen LogP contribution in [0.25, 0.3) is 0 Å². The lowest BCUT2D eigenvalue weighted by Gasteiger charge is -2.29. The summed E-state index contributed by atoms with van der Waals surface area (Å²) in [6.07, 6.45) is 1.60. The van der Waals surface area contributed by atoms with Crippen LogP contribution in [0.5, 0.6) is 0 Å². The van der Waals surface area contributed by atoms with Crippen molar-refractivity contribution in [3.05, 3.63) is 67.3 Å². The number of nitrogens with zero attached hydrogens (tertiary/aromatic N) is 1. The molecule has 0 saturated heterocycles. The number of halogens is 1. The van der Waals surface area contributed by atoms with E-state index in [9.17, 15) is 4.39 Å². The van der Waals surface area contributed by atoms with Gasteiger partial charge in [-0.25, -0.2) is 4.39 Å². The second-order valence-corrected chi connectivity index (χ2v) is 4.13. The maximum absolute atomic E-state index is 13.8. The summed E-state index contributed by atoms with van der Waals surface area (Å²) in [7, 11) is 0. The highest BCUT2D eigenvalue weighted by molar-refractivity contribution is 5.60. The van der Waals surface area contributed by atoms with Gasteiger partial charge < -0.3 is 4.90 Å². The highest BCUT2D eigenvalue weighted by Gasteiger charge is 2.17. The Morgan fingerprint density at radius 1 is 1.29 bits per heavy atom. The van der Waals surface area contributed by atoms with Crippen molar-refractivity contribution in [3.63, 3.8) is 0 Å². The number of rotatable bonds is 5. The van der Waals surface area contributed by atoms with E-state index in [0.717, 1.165) is 5.70 Å². The number of hydrogen-bond donors (Lipinski definition) is 0. The van der Waals surface area contributed by atoms with Crippen molar-refractivity contribution >= 4 is 5.69 Å². The topological polar surface area (TPSA) is 3.24 Å². The van der Waals surface area contributed by atoms with Crippen molar-refractivity contribution < 1.29 is 4.39 Å². The molecule has 90 valence electrons. The summed E-state index contributed by atoms with van der Waals surface area (Å²) in [4.78, 5) is 1.70. The molecule has 1 aromatic rings. The molecule has 0 radical (unpaired) electrons. The third kappa shape index (κ3) is 2.84. The van der Waals surface area contributed by atoms with E-state index in [2.05, 4.69) is 19.7 Å². The lowest BCUT2D eigenvalue weighted by Crippen LogP contribution is -2.23. The van der Waals surface area contributed by atoms with E-state index in [1.807, 2.05) is 13.8 Å². The van der Waals surface area contributed by atoms with E-state index in [1.165, 1.54) is 6.07 Å². The molecule has 0 N–H and O–H groups in total. The number of allylic oxidation sites excluding steroid dienone is 2. The van der Waals surface area contributed by atoms with Gasteiger partial charge in [-0.1, -0.05) is 45.7 Å². The van der Waals surface area contributed by atoms with Crippen molar-refractivity contribution in [2.75, 3.05) is 4.90 Å². The largest absolute Gasteiger partial charge is 0.312 e. The smallest absolute Gasteiger partial charge is 0.147 e. The molecule has 0 aliphatic rings. The van der Waals surface area contributed by atoms with Gasteiger partial charge in [-0.15, -0.1) is 0 Å². The van der Waals surface area contributed by atoms with Crippen molar-refractivity contribution in [1.29, 1.82) is 0 Å². The van der Waals surface area contributed by atoms with Crippen molar-refractivity contribution in [1.82, 2.24) is 0 Å². The monoisotopic (exact) mass is 231 g/mol. The van der Waals surface area contributed by atoms with Crippen LogP contribution in [0, 0.1) is 11.7 Å². The molecule has 0 aromatic heterocycles. The molecule has 2 heteroatoms. The Morgan fingerprint density at radius 3 is 2.35 bits per heavy atom. The molecule has 1 nitrogen and oxygen atoms in total. The van der Waals surface area contributed by atoms with Gasteiger partial charge in [-0.05, 0) is 24.1 Å². The van der Waals surface area contributed by atoms with Crippen LogP contribution >= 0.6 is 0 Å². The van der Waals surface area contributed by atoms with Crippen LogP contribution < -0.4 is 4.90 Å². The van der Waals surface area contributed by atoms with Gasteiger partial charge in [-0.3, -0.25) is 0 Å². The van der Waals surface area contributed by atoms with E-state index < -0.39 is 0 Å². The Balaban J connectivity index is 3.25. The SMILES string of the molecule is C=CC(=C)N(C(=C)C(C)C)c1ccccc1F. The zero-order chi connectivity index (χ0) is 13.0. The molecule has 0 atom stereocenters. The van der Waals surface area contributed by atoms with E-state index in [0.29, 0.717) is 11.4 Å². The minimum absolute atomic E-state index is 0.200. The van der Waals surface area contributed by atoms with Crippen molar-refractivity contribution in [2.45, 2.75) is 13.8 Å². The van der Waals surface area contributed by atoms with Crippen LogP contribution in [0.2, 0.25) is 0 Å². The van der Waals surface area contributed by atoms with Crippen LogP contribution in [-0.4, -0.2) is 0 Å². The first-order valence-corrected chi connectivity index (χ1v) is 5.53. The lowest BCUT2D eigenvalue weighted by molar-refractivity contribution is 0.622. The predicted octanol–water partition coefficient (Wildman–Crippen LogP) is 4.50. The summed E-state index contributed by atoms with van der Waals surface area (Å²) < 4.78 is 13.8. The third-order valence-corrected chi connectivity index (χ3v) is 2.57. The highest BCUT2D eigenvalue weighted by Crippen LogP contribution is 2.29. The molecule has 0 bridgehead atoms. The third-order valence-electron chi connectivity index (χ3n) is 2.57. The molecular weight excluding hydrogens is 213 g/mol. The molecule has 1 rings (SSSR count). The molecule has 0 aliphatic carbocycles. The second-order valence-electron chi connectivity index (χ2n) is 4.13. The van der Waals surface area contributed by atoms with E-state index in [-0.39, 0.29) is 11.7 Å². The van der Waals surface area contributed by atoms with Gasteiger partial charge in [0.2, 0.25) is 0 Å². The van der Waals surface area contributed by atoms with Gasteiger partial charge in [-0.2, -0.15) is 0 Å². The quantitative estimate of drug-likeness (QED) is 0.674. The van der Waals surface area contributed by atoms with E-state index in [1.54, 1.807) is 29.2 Å². The standard InChI is InChI=1S/C15H18FN/c1-6-12(4)17(13(5)11(2)3)15-10-8-7-9-14(15)16/h6-11H,1,4-5H2,2-3H3. The number of anilines is 1. The minimum atomic E-state index is -0.294. The van der Waals surface area contributed by atoms with Gasteiger partial charge >= 0.3 is 0 Å². The van der Waals surface area contributed by atoms with Crippen LogP contribution in [0.1, 0.15) is 13.8 Å². The maximum atomic E-state index is 13.8. The normalized spacial score (nSPS) is 10.1.